The summed E-state index contributed by atoms with van der Waals surface area (Å²) in [5, 5.41) is 5.69. The van der Waals surface area contributed by atoms with Crippen LogP contribution in [0.3, 0.4) is 0 Å². The summed E-state index contributed by atoms with van der Waals surface area (Å²) in [6, 6.07) is 22.2. The Bertz CT molecular complexity index is 1150. The van der Waals surface area contributed by atoms with Crippen LogP contribution in [0.1, 0.15) is 26.3 Å². The molecular formula is C25H24BrN3O3S. The number of nitrogens with one attached hydrogen (secondary N) is 2. The Hall–Kier alpha value is -3.23. The van der Waals surface area contributed by atoms with E-state index in [9.17, 15) is 9.59 Å². The summed E-state index contributed by atoms with van der Waals surface area (Å²) in [6.07, 6.45) is 0.717. The first kappa shape index (κ1) is 24.4. The summed E-state index contributed by atoms with van der Waals surface area (Å²) in [5.74, 6) is -0.133. The molecule has 0 spiro atoms. The Balaban J connectivity index is 1.68. The normalized spacial score (nSPS) is 10.3. The van der Waals surface area contributed by atoms with Gasteiger partial charge in [0.1, 0.15) is 5.75 Å². The number of thiocarbonyl (C=S) groups is 1. The van der Waals surface area contributed by atoms with Crippen molar-refractivity contribution in [2.45, 2.75) is 6.42 Å². The van der Waals surface area contributed by atoms with Crippen LogP contribution in [0.25, 0.3) is 0 Å². The maximum Gasteiger partial charge on any atom is 0.261 e. The molecule has 0 aliphatic heterocycles. The predicted octanol–water partition coefficient (Wildman–Crippen LogP) is 4.90. The number of carbonyl (C=O) groups excluding carboxylic acids is 2. The number of amides is 2. The third-order valence-corrected chi connectivity index (χ3v) is 5.41. The smallest absolute Gasteiger partial charge is 0.261 e. The molecule has 2 amide bonds. The Morgan fingerprint density at radius 2 is 1.67 bits per heavy atom. The lowest BCUT2D eigenvalue weighted by molar-refractivity contribution is 0.0828. The van der Waals surface area contributed by atoms with Crippen LogP contribution in [-0.4, -0.2) is 42.5 Å². The first-order chi connectivity index (χ1) is 15.8. The third kappa shape index (κ3) is 6.87. The topological polar surface area (TPSA) is 70.7 Å². The van der Waals surface area contributed by atoms with Gasteiger partial charge in [-0.1, -0.05) is 58.4 Å². The number of ether oxygens (including phenoxy) is 1. The molecule has 8 heteroatoms. The van der Waals surface area contributed by atoms with E-state index in [4.69, 9.17) is 17.0 Å². The highest BCUT2D eigenvalue weighted by Crippen LogP contribution is 2.24. The van der Waals surface area contributed by atoms with Crippen LogP contribution >= 0.6 is 28.1 Å². The van der Waals surface area contributed by atoms with Crippen molar-refractivity contribution in [2.24, 2.45) is 0 Å². The van der Waals surface area contributed by atoms with E-state index in [2.05, 4.69) is 26.6 Å². The van der Waals surface area contributed by atoms with Gasteiger partial charge < -0.3 is 15.0 Å². The van der Waals surface area contributed by atoms with Gasteiger partial charge in [0.05, 0.1) is 23.4 Å². The summed E-state index contributed by atoms with van der Waals surface area (Å²) in [7, 11) is 3.34. The van der Waals surface area contributed by atoms with E-state index in [1.54, 1.807) is 50.5 Å². The molecule has 0 bridgehead atoms. The maximum atomic E-state index is 13.0. The van der Waals surface area contributed by atoms with Crippen LogP contribution in [0.2, 0.25) is 0 Å². The van der Waals surface area contributed by atoms with Crippen molar-refractivity contribution in [3.8, 4) is 5.75 Å². The molecule has 0 heterocycles. The van der Waals surface area contributed by atoms with Crippen molar-refractivity contribution < 1.29 is 14.3 Å². The monoisotopic (exact) mass is 525 g/mol. The summed E-state index contributed by atoms with van der Waals surface area (Å²) in [4.78, 5) is 26.8. The predicted molar refractivity (Wildman–Crippen MR) is 138 cm³/mol. The average Bonchev–Trinajstić information content (AvgIpc) is 2.80. The van der Waals surface area contributed by atoms with E-state index in [-0.39, 0.29) is 11.0 Å². The second-order valence-electron chi connectivity index (χ2n) is 7.38. The molecule has 0 aromatic heterocycles. The first-order valence-corrected chi connectivity index (χ1v) is 11.4. The Morgan fingerprint density at radius 3 is 2.39 bits per heavy atom. The second kappa shape index (κ2) is 11.6. The lowest BCUT2D eigenvalue weighted by Gasteiger charge is -2.17. The van der Waals surface area contributed by atoms with Gasteiger partial charge in [-0.05, 0) is 48.1 Å². The fraction of sp³-hybridized carbons (Fsp3) is 0.160. The number of carbonyl (C=O) groups is 2. The fourth-order valence-electron chi connectivity index (χ4n) is 3.07. The standard InChI is InChI=1S/C25H24BrN3O3S/c1-29(2)24(31)19-10-6-7-11-21(19)27-25(33)28-23(30)20-16-18(26)12-13-22(20)32-15-14-17-8-4-3-5-9-17/h3-13,16H,14-15H2,1-2H3,(H2,27,28,30,33). The van der Waals surface area contributed by atoms with Crippen LogP contribution in [-0.2, 0) is 6.42 Å². The van der Waals surface area contributed by atoms with Crippen LogP contribution in [0, 0.1) is 0 Å². The molecule has 0 fully saturated rings. The summed E-state index contributed by atoms with van der Waals surface area (Å²) < 4.78 is 6.64. The maximum absolute atomic E-state index is 13.0. The second-order valence-corrected chi connectivity index (χ2v) is 8.70. The SMILES string of the molecule is CN(C)C(=O)c1ccccc1NC(=S)NC(=O)c1cc(Br)ccc1OCCc1ccccc1. The van der Waals surface area contributed by atoms with Crippen molar-refractivity contribution in [3.63, 3.8) is 0 Å². The van der Waals surface area contributed by atoms with E-state index in [0.29, 0.717) is 35.6 Å². The van der Waals surface area contributed by atoms with Crippen molar-refractivity contribution in [1.29, 1.82) is 0 Å². The van der Waals surface area contributed by atoms with E-state index >= 15 is 0 Å². The van der Waals surface area contributed by atoms with E-state index in [1.807, 2.05) is 36.4 Å². The molecular weight excluding hydrogens is 502 g/mol. The van der Waals surface area contributed by atoms with Crippen LogP contribution in [0.15, 0.2) is 77.3 Å². The molecule has 0 aliphatic rings. The lowest BCUT2D eigenvalue weighted by atomic mass is 10.1. The number of halogens is 1. The van der Waals surface area contributed by atoms with Crippen molar-refractivity contribution in [1.82, 2.24) is 10.2 Å². The number of hydrogen-bond donors (Lipinski definition) is 2. The molecule has 33 heavy (non-hydrogen) atoms. The number of nitrogens with zero attached hydrogens (tertiary/aromatic N) is 1. The highest BCUT2D eigenvalue weighted by atomic mass is 79.9. The Labute approximate surface area is 207 Å². The van der Waals surface area contributed by atoms with Gasteiger partial charge in [0.25, 0.3) is 11.8 Å². The largest absolute Gasteiger partial charge is 0.492 e. The quantitative estimate of drug-likeness (QED) is 0.429. The molecule has 3 aromatic carbocycles. The Kier molecular flexibility index (Phi) is 8.57. The van der Waals surface area contributed by atoms with Gasteiger partial charge in [0.15, 0.2) is 5.11 Å². The highest BCUT2D eigenvalue weighted by Gasteiger charge is 2.17. The fourth-order valence-corrected chi connectivity index (χ4v) is 3.64. The molecule has 0 aliphatic carbocycles. The summed E-state index contributed by atoms with van der Waals surface area (Å²) in [6.45, 7) is 0.425. The van der Waals surface area contributed by atoms with E-state index in [1.165, 1.54) is 4.90 Å². The lowest BCUT2D eigenvalue weighted by Crippen LogP contribution is -2.35. The van der Waals surface area contributed by atoms with Crippen molar-refractivity contribution in [3.05, 3.63) is 94.0 Å². The van der Waals surface area contributed by atoms with Gasteiger partial charge in [0.2, 0.25) is 0 Å². The third-order valence-electron chi connectivity index (χ3n) is 4.72. The summed E-state index contributed by atoms with van der Waals surface area (Å²) >= 11 is 8.73. The molecule has 2 N–H and O–H groups in total. The molecule has 6 nitrogen and oxygen atoms in total. The number of hydrogen-bond acceptors (Lipinski definition) is 4. The molecule has 0 atom stereocenters. The molecule has 170 valence electrons. The highest BCUT2D eigenvalue weighted by molar-refractivity contribution is 9.10. The molecule has 3 rings (SSSR count). The molecule has 0 unspecified atom stereocenters. The number of anilines is 1. The minimum atomic E-state index is -0.417. The minimum absolute atomic E-state index is 0.0780. The molecule has 0 saturated heterocycles. The summed E-state index contributed by atoms with van der Waals surface area (Å²) in [5.41, 5.74) is 2.46. The van der Waals surface area contributed by atoms with Gasteiger partial charge in [-0.15, -0.1) is 0 Å². The van der Waals surface area contributed by atoms with Crippen LogP contribution < -0.4 is 15.4 Å². The molecule has 3 aromatic rings. The zero-order valence-corrected chi connectivity index (χ0v) is 20.7. The van der Waals surface area contributed by atoms with Gasteiger partial charge in [0, 0.05) is 25.0 Å². The van der Waals surface area contributed by atoms with Gasteiger partial charge >= 0.3 is 0 Å². The number of para-hydroxylation sites is 1. The molecule has 0 saturated carbocycles. The number of benzene rings is 3. The van der Waals surface area contributed by atoms with Crippen molar-refractivity contribution >= 4 is 50.8 Å². The van der Waals surface area contributed by atoms with Crippen LogP contribution in [0.5, 0.6) is 5.75 Å². The van der Waals surface area contributed by atoms with E-state index in [0.717, 1.165) is 10.0 Å². The van der Waals surface area contributed by atoms with E-state index < -0.39 is 5.91 Å². The van der Waals surface area contributed by atoms with Crippen LogP contribution in [0.4, 0.5) is 5.69 Å². The first-order valence-electron chi connectivity index (χ1n) is 10.2. The minimum Gasteiger partial charge on any atom is -0.492 e. The molecule has 0 radical (unpaired) electrons. The van der Waals surface area contributed by atoms with Gasteiger partial charge in [-0.25, -0.2) is 0 Å². The van der Waals surface area contributed by atoms with Gasteiger partial charge in [-0.3, -0.25) is 14.9 Å². The average molecular weight is 526 g/mol. The van der Waals surface area contributed by atoms with Gasteiger partial charge in [-0.2, -0.15) is 0 Å². The zero-order chi connectivity index (χ0) is 23.8. The Morgan fingerprint density at radius 1 is 0.970 bits per heavy atom. The zero-order valence-electron chi connectivity index (χ0n) is 18.3. The van der Waals surface area contributed by atoms with Crippen molar-refractivity contribution in [2.75, 3.05) is 26.0 Å². The number of rotatable bonds is 7.